The largest absolute Gasteiger partial charge is 0.401 e. The van der Waals surface area contributed by atoms with Crippen molar-refractivity contribution in [1.29, 1.82) is 0 Å². The van der Waals surface area contributed by atoms with E-state index in [0.717, 1.165) is 13.0 Å². The van der Waals surface area contributed by atoms with Gasteiger partial charge < -0.3 is 10.2 Å². The van der Waals surface area contributed by atoms with Gasteiger partial charge in [0.2, 0.25) is 0 Å². The summed E-state index contributed by atoms with van der Waals surface area (Å²) in [5.41, 5.74) is 0. The normalized spacial score (nSPS) is 14.8. The van der Waals surface area contributed by atoms with Gasteiger partial charge in [-0.2, -0.15) is 13.2 Å². The zero-order valence-electron chi connectivity index (χ0n) is 10.6. The first kappa shape index (κ1) is 15.7. The summed E-state index contributed by atoms with van der Waals surface area (Å²) in [6.45, 7) is 6.60. The highest BCUT2D eigenvalue weighted by Gasteiger charge is 2.26. The summed E-state index contributed by atoms with van der Waals surface area (Å²) < 4.78 is 35.7. The fourth-order valence-corrected chi connectivity index (χ4v) is 1.26. The van der Waals surface area contributed by atoms with Crippen molar-refractivity contribution < 1.29 is 13.2 Å². The molecule has 0 aliphatic carbocycles. The van der Waals surface area contributed by atoms with Crippen LogP contribution in [-0.2, 0) is 0 Å². The van der Waals surface area contributed by atoms with Crippen molar-refractivity contribution in [3.63, 3.8) is 0 Å². The van der Waals surface area contributed by atoms with E-state index in [2.05, 4.69) is 24.1 Å². The number of hydrogen-bond donors (Lipinski definition) is 1. The van der Waals surface area contributed by atoms with E-state index < -0.39 is 12.7 Å². The molecule has 0 saturated carbocycles. The molecule has 0 heterocycles. The highest BCUT2D eigenvalue weighted by atomic mass is 19.4. The zero-order chi connectivity index (χ0) is 12.8. The van der Waals surface area contributed by atoms with Crippen LogP contribution in [0.15, 0.2) is 0 Å². The number of rotatable bonds is 7. The van der Waals surface area contributed by atoms with Gasteiger partial charge in [0.25, 0.3) is 0 Å². The van der Waals surface area contributed by atoms with Crippen molar-refractivity contribution in [2.24, 2.45) is 5.92 Å². The van der Waals surface area contributed by atoms with Gasteiger partial charge in [-0.3, -0.25) is 0 Å². The average molecular weight is 240 g/mol. The van der Waals surface area contributed by atoms with Crippen molar-refractivity contribution >= 4 is 0 Å². The number of alkyl halides is 3. The number of likely N-dealkylation sites (N-methyl/N-ethyl adjacent to an activating group) is 1. The number of nitrogens with zero attached hydrogens (tertiary/aromatic N) is 1. The zero-order valence-corrected chi connectivity index (χ0v) is 10.6. The number of hydrogen-bond acceptors (Lipinski definition) is 2. The Bertz CT molecular complexity index is 181. The molecular formula is C11H23F3N2. The molecule has 0 aliphatic rings. The molecule has 0 fully saturated rings. The van der Waals surface area contributed by atoms with Gasteiger partial charge in [0.15, 0.2) is 0 Å². The minimum atomic E-state index is -4.11. The summed E-state index contributed by atoms with van der Waals surface area (Å²) in [4.78, 5) is 2.09. The minimum Gasteiger partial charge on any atom is -0.307 e. The summed E-state index contributed by atoms with van der Waals surface area (Å²) in [5.74, 6) is 0.623. The average Bonchev–Trinajstić information content (AvgIpc) is 2.11. The van der Waals surface area contributed by atoms with Gasteiger partial charge in [-0.05, 0) is 32.9 Å². The maximum Gasteiger partial charge on any atom is 0.401 e. The van der Waals surface area contributed by atoms with E-state index in [1.165, 1.54) is 0 Å². The molecule has 0 aromatic carbocycles. The molecule has 0 spiro atoms. The van der Waals surface area contributed by atoms with Crippen LogP contribution in [0.25, 0.3) is 0 Å². The Morgan fingerprint density at radius 3 is 2.19 bits per heavy atom. The summed E-state index contributed by atoms with van der Waals surface area (Å²) in [7, 11) is 1.95. The SMILES string of the molecule is CC(C)CCN(C)C(C)CNCC(F)(F)F. The molecule has 1 atom stereocenters. The molecule has 1 unspecified atom stereocenters. The molecule has 0 aliphatic heterocycles. The third-order valence-corrected chi connectivity index (χ3v) is 2.58. The summed E-state index contributed by atoms with van der Waals surface area (Å²) in [6, 6.07) is 0.126. The third kappa shape index (κ3) is 8.97. The van der Waals surface area contributed by atoms with E-state index in [1.807, 2.05) is 14.0 Å². The quantitative estimate of drug-likeness (QED) is 0.735. The molecule has 0 saturated heterocycles. The van der Waals surface area contributed by atoms with Gasteiger partial charge in [0.05, 0.1) is 6.54 Å². The molecule has 0 aromatic heterocycles. The Hall–Kier alpha value is -0.290. The van der Waals surface area contributed by atoms with Gasteiger partial charge in [0, 0.05) is 12.6 Å². The molecule has 98 valence electrons. The Balaban J connectivity index is 3.67. The fourth-order valence-electron chi connectivity index (χ4n) is 1.26. The predicted octanol–water partition coefficient (Wildman–Crippen LogP) is 2.50. The predicted molar refractivity (Wildman–Crippen MR) is 60.5 cm³/mol. The van der Waals surface area contributed by atoms with Crippen molar-refractivity contribution in [3.8, 4) is 0 Å². The Kier molecular flexibility index (Phi) is 6.99. The topological polar surface area (TPSA) is 15.3 Å². The smallest absolute Gasteiger partial charge is 0.307 e. The second-order valence-corrected chi connectivity index (χ2v) is 4.76. The third-order valence-electron chi connectivity index (χ3n) is 2.58. The molecule has 0 radical (unpaired) electrons. The van der Waals surface area contributed by atoms with E-state index in [0.29, 0.717) is 12.5 Å². The van der Waals surface area contributed by atoms with Crippen LogP contribution in [0.3, 0.4) is 0 Å². The first-order valence-electron chi connectivity index (χ1n) is 5.70. The van der Waals surface area contributed by atoms with Gasteiger partial charge >= 0.3 is 6.18 Å². The van der Waals surface area contributed by atoms with E-state index in [-0.39, 0.29) is 6.04 Å². The van der Waals surface area contributed by atoms with Crippen molar-refractivity contribution in [2.75, 3.05) is 26.7 Å². The van der Waals surface area contributed by atoms with Crippen LogP contribution in [-0.4, -0.2) is 43.8 Å². The van der Waals surface area contributed by atoms with Crippen LogP contribution >= 0.6 is 0 Å². The monoisotopic (exact) mass is 240 g/mol. The van der Waals surface area contributed by atoms with Gasteiger partial charge in [-0.1, -0.05) is 13.8 Å². The van der Waals surface area contributed by atoms with Crippen LogP contribution < -0.4 is 5.32 Å². The Morgan fingerprint density at radius 2 is 1.75 bits per heavy atom. The highest BCUT2D eigenvalue weighted by molar-refractivity contribution is 4.68. The number of nitrogens with one attached hydrogen (secondary N) is 1. The molecule has 0 rings (SSSR count). The molecule has 0 amide bonds. The molecule has 5 heteroatoms. The lowest BCUT2D eigenvalue weighted by Gasteiger charge is -2.25. The van der Waals surface area contributed by atoms with Gasteiger partial charge in [-0.15, -0.1) is 0 Å². The lowest BCUT2D eigenvalue weighted by Crippen LogP contribution is -2.41. The fraction of sp³-hybridized carbons (Fsp3) is 1.00. The maximum absolute atomic E-state index is 11.9. The molecule has 0 aromatic rings. The van der Waals surface area contributed by atoms with Gasteiger partial charge in [0.1, 0.15) is 0 Å². The molecule has 16 heavy (non-hydrogen) atoms. The summed E-state index contributed by atoms with van der Waals surface area (Å²) >= 11 is 0. The van der Waals surface area contributed by atoms with Crippen molar-refractivity contribution in [3.05, 3.63) is 0 Å². The standard InChI is InChI=1S/C11H23F3N2/c1-9(2)5-6-16(4)10(3)7-15-8-11(12,13)14/h9-10,15H,5-8H2,1-4H3. The maximum atomic E-state index is 11.9. The van der Waals surface area contributed by atoms with Crippen LogP contribution in [0.4, 0.5) is 13.2 Å². The summed E-state index contributed by atoms with van der Waals surface area (Å²) in [5, 5.41) is 2.43. The Morgan fingerprint density at radius 1 is 1.19 bits per heavy atom. The van der Waals surface area contributed by atoms with E-state index in [4.69, 9.17) is 0 Å². The molecule has 0 bridgehead atoms. The van der Waals surface area contributed by atoms with Crippen molar-refractivity contribution in [1.82, 2.24) is 10.2 Å². The van der Waals surface area contributed by atoms with Crippen LogP contribution in [0, 0.1) is 5.92 Å². The summed E-state index contributed by atoms with van der Waals surface area (Å²) in [6.07, 6.45) is -3.05. The molecule has 1 N–H and O–H groups in total. The van der Waals surface area contributed by atoms with Crippen LogP contribution in [0.5, 0.6) is 0 Å². The van der Waals surface area contributed by atoms with E-state index in [1.54, 1.807) is 0 Å². The first-order chi connectivity index (χ1) is 7.22. The second-order valence-electron chi connectivity index (χ2n) is 4.76. The van der Waals surface area contributed by atoms with E-state index in [9.17, 15) is 13.2 Å². The van der Waals surface area contributed by atoms with Crippen LogP contribution in [0.1, 0.15) is 27.2 Å². The minimum absolute atomic E-state index is 0.126. The van der Waals surface area contributed by atoms with E-state index >= 15 is 0 Å². The molecular weight excluding hydrogens is 217 g/mol. The van der Waals surface area contributed by atoms with Crippen molar-refractivity contribution in [2.45, 2.75) is 39.4 Å². The lowest BCUT2D eigenvalue weighted by molar-refractivity contribution is -0.125. The number of halogens is 3. The second kappa shape index (κ2) is 7.12. The Labute approximate surface area is 96.2 Å². The highest BCUT2D eigenvalue weighted by Crippen LogP contribution is 2.12. The van der Waals surface area contributed by atoms with Gasteiger partial charge in [-0.25, -0.2) is 0 Å². The molecule has 2 nitrogen and oxygen atoms in total. The lowest BCUT2D eigenvalue weighted by atomic mass is 10.1. The van der Waals surface area contributed by atoms with Crippen LogP contribution in [0.2, 0.25) is 0 Å². The first-order valence-corrected chi connectivity index (χ1v) is 5.70.